The number of hydrogen-bond acceptors (Lipinski definition) is 3. The monoisotopic (exact) mass is 248 g/mol. The Morgan fingerprint density at radius 1 is 1.39 bits per heavy atom. The standard InChI is InChI=1S/C14H20N2O2/c15-12-6-3-7-13(10-12)18-9-8-16-14(17)11-4-1-2-5-11/h3,6-7,10-11H,1-2,4-5,8-9,15H2,(H,16,17). The fourth-order valence-electron chi connectivity index (χ4n) is 2.28. The maximum atomic E-state index is 11.7. The number of carbonyl (C=O) groups excluding carboxylic acids is 1. The molecule has 0 saturated heterocycles. The number of nitrogens with two attached hydrogens (primary N) is 1. The molecule has 18 heavy (non-hydrogen) atoms. The van der Waals surface area contributed by atoms with Crippen LogP contribution in [0.4, 0.5) is 5.69 Å². The van der Waals surface area contributed by atoms with Crippen molar-refractivity contribution in [2.45, 2.75) is 25.7 Å². The highest BCUT2D eigenvalue weighted by Crippen LogP contribution is 2.24. The Hall–Kier alpha value is -1.71. The highest BCUT2D eigenvalue weighted by Gasteiger charge is 2.21. The van der Waals surface area contributed by atoms with Gasteiger partial charge in [-0.2, -0.15) is 0 Å². The summed E-state index contributed by atoms with van der Waals surface area (Å²) in [5.74, 6) is 1.13. The largest absolute Gasteiger partial charge is 0.492 e. The van der Waals surface area contributed by atoms with E-state index in [1.54, 1.807) is 6.07 Å². The van der Waals surface area contributed by atoms with Crippen LogP contribution in [-0.4, -0.2) is 19.1 Å². The lowest BCUT2D eigenvalue weighted by molar-refractivity contribution is -0.124. The van der Waals surface area contributed by atoms with Crippen molar-refractivity contribution >= 4 is 11.6 Å². The Morgan fingerprint density at radius 2 is 2.17 bits per heavy atom. The Morgan fingerprint density at radius 3 is 2.89 bits per heavy atom. The van der Waals surface area contributed by atoms with Gasteiger partial charge >= 0.3 is 0 Å². The van der Waals surface area contributed by atoms with E-state index in [1.807, 2.05) is 18.2 Å². The van der Waals surface area contributed by atoms with E-state index in [0.29, 0.717) is 18.8 Å². The lowest BCUT2D eigenvalue weighted by Crippen LogP contribution is -2.32. The first-order valence-corrected chi connectivity index (χ1v) is 6.52. The summed E-state index contributed by atoms with van der Waals surface area (Å²) in [5, 5.41) is 2.91. The molecule has 1 saturated carbocycles. The van der Waals surface area contributed by atoms with Crippen LogP contribution in [0.15, 0.2) is 24.3 Å². The number of anilines is 1. The van der Waals surface area contributed by atoms with E-state index in [9.17, 15) is 4.79 Å². The van der Waals surface area contributed by atoms with Crippen molar-refractivity contribution in [3.8, 4) is 5.75 Å². The van der Waals surface area contributed by atoms with Crippen molar-refractivity contribution in [2.24, 2.45) is 5.92 Å². The smallest absolute Gasteiger partial charge is 0.223 e. The number of benzene rings is 1. The van der Waals surface area contributed by atoms with Crippen molar-refractivity contribution in [1.29, 1.82) is 0 Å². The average molecular weight is 248 g/mol. The van der Waals surface area contributed by atoms with Gasteiger partial charge in [0, 0.05) is 17.7 Å². The number of ether oxygens (including phenoxy) is 1. The van der Waals surface area contributed by atoms with E-state index in [2.05, 4.69) is 5.32 Å². The molecule has 0 spiro atoms. The van der Waals surface area contributed by atoms with Gasteiger partial charge in [0.15, 0.2) is 0 Å². The summed E-state index contributed by atoms with van der Waals surface area (Å²) in [6, 6.07) is 7.30. The molecule has 0 unspecified atom stereocenters. The van der Waals surface area contributed by atoms with Crippen molar-refractivity contribution in [3.05, 3.63) is 24.3 Å². The summed E-state index contributed by atoms with van der Waals surface area (Å²) in [4.78, 5) is 11.7. The van der Waals surface area contributed by atoms with E-state index in [1.165, 1.54) is 12.8 Å². The molecule has 4 heteroatoms. The molecular weight excluding hydrogens is 228 g/mol. The van der Waals surface area contributed by atoms with E-state index >= 15 is 0 Å². The Kier molecular flexibility index (Phi) is 4.45. The Labute approximate surface area is 108 Å². The number of hydrogen-bond donors (Lipinski definition) is 2. The molecule has 2 rings (SSSR count). The minimum atomic E-state index is 0.170. The molecule has 0 atom stereocenters. The van der Waals surface area contributed by atoms with Gasteiger partial charge in [0.1, 0.15) is 12.4 Å². The minimum absolute atomic E-state index is 0.170. The number of amides is 1. The van der Waals surface area contributed by atoms with Crippen LogP contribution in [0.25, 0.3) is 0 Å². The normalized spacial score (nSPS) is 15.6. The van der Waals surface area contributed by atoms with Crippen LogP contribution in [0.2, 0.25) is 0 Å². The third-order valence-electron chi connectivity index (χ3n) is 3.25. The zero-order valence-corrected chi connectivity index (χ0v) is 10.5. The van der Waals surface area contributed by atoms with Crippen molar-refractivity contribution in [1.82, 2.24) is 5.32 Å². The molecule has 0 aromatic heterocycles. The highest BCUT2D eigenvalue weighted by atomic mass is 16.5. The van der Waals surface area contributed by atoms with Gasteiger partial charge in [-0.1, -0.05) is 18.9 Å². The lowest BCUT2D eigenvalue weighted by atomic mass is 10.1. The van der Waals surface area contributed by atoms with Gasteiger partial charge < -0.3 is 15.8 Å². The molecule has 1 aromatic carbocycles. The Bertz CT molecular complexity index is 401. The molecule has 0 bridgehead atoms. The quantitative estimate of drug-likeness (QED) is 0.618. The van der Waals surface area contributed by atoms with Crippen molar-refractivity contribution in [2.75, 3.05) is 18.9 Å². The molecule has 1 aromatic rings. The molecule has 3 N–H and O–H groups in total. The molecule has 1 aliphatic carbocycles. The van der Waals surface area contributed by atoms with E-state index in [-0.39, 0.29) is 11.8 Å². The minimum Gasteiger partial charge on any atom is -0.492 e. The maximum Gasteiger partial charge on any atom is 0.223 e. The third-order valence-corrected chi connectivity index (χ3v) is 3.25. The van der Waals surface area contributed by atoms with Gasteiger partial charge in [-0.05, 0) is 25.0 Å². The summed E-state index contributed by atoms with van der Waals surface area (Å²) in [6.45, 7) is 1.02. The lowest BCUT2D eigenvalue weighted by Gasteiger charge is -2.11. The first-order chi connectivity index (χ1) is 8.75. The van der Waals surface area contributed by atoms with E-state index in [0.717, 1.165) is 18.6 Å². The zero-order valence-electron chi connectivity index (χ0n) is 10.5. The number of rotatable bonds is 5. The van der Waals surface area contributed by atoms with Crippen LogP contribution in [0.5, 0.6) is 5.75 Å². The van der Waals surface area contributed by atoms with Crippen LogP contribution in [0.1, 0.15) is 25.7 Å². The first kappa shape index (κ1) is 12.7. The maximum absolute atomic E-state index is 11.7. The van der Waals surface area contributed by atoms with Crippen molar-refractivity contribution in [3.63, 3.8) is 0 Å². The van der Waals surface area contributed by atoms with Gasteiger partial charge in [-0.15, -0.1) is 0 Å². The summed E-state index contributed by atoms with van der Waals surface area (Å²) < 4.78 is 5.51. The molecule has 1 fully saturated rings. The van der Waals surface area contributed by atoms with Gasteiger partial charge in [0.25, 0.3) is 0 Å². The summed E-state index contributed by atoms with van der Waals surface area (Å²) >= 11 is 0. The molecule has 0 radical (unpaired) electrons. The van der Waals surface area contributed by atoms with Crippen LogP contribution in [0, 0.1) is 5.92 Å². The van der Waals surface area contributed by atoms with Gasteiger partial charge in [-0.25, -0.2) is 0 Å². The van der Waals surface area contributed by atoms with Crippen molar-refractivity contribution < 1.29 is 9.53 Å². The number of nitrogen functional groups attached to an aromatic ring is 1. The summed E-state index contributed by atoms with van der Waals surface area (Å²) in [6.07, 6.45) is 4.42. The number of carbonyl (C=O) groups is 1. The Balaban J connectivity index is 1.65. The SMILES string of the molecule is Nc1cccc(OCCNC(=O)C2CCCC2)c1. The summed E-state index contributed by atoms with van der Waals surface area (Å²) in [5.41, 5.74) is 6.33. The molecule has 1 aliphatic rings. The second kappa shape index (κ2) is 6.28. The zero-order chi connectivity index (χ0) is 12.8. The van der Waals surface area contributed by atoms with Crippen LogP contribution in [-0.2, 0) is 4.79 Å². The van der Waals surface area contributed by atoms with E-state index in [4.69, 9.17) is 10.5 Å². The first-order valence-electron chi connectivity index (χ1n) is 6.52. The second-order valence-electron chi connectivity index (χ2n) is 4.69. The molecule has 0 heterocycles. The number of nitrogens with one attached hydrogen (secondary N) is 1. The molecule has 98 valence electrons. The van der Waals surface area contributed by atoms with Gasteiger partial charge in [0.05, 0.1) is 6.54 Å². The van der Waals surface area contributed by atoms with Gasteiger partial charge in [0.2, 0.25) is 5.91 Å². The molecule has 4 nitrogen and oxygen atoms in total. The van der Waals surface area contributed by atoms with Crippen LogP contribution >= 0.6 is 0 Å². The highest BCUT2D eigenvalue weighted by molar-refractivity contribution is 5.78. The fourth-order valence-corrected chi connectivity index (χ4v) is 2.28. The van der Waals surface area contributed by atoms with E-state index < -0.39 is 0 Å². The fraction of sp³-hybridized carbons (Fsp3) is 0.500. The average Bonchev–Trinajstić information content (AvgIpc) is 2.88. The predicted octanol–water partition coefficient (Wildman–Crippen LogP) is 1.95. The van der Waals surface area contributed by atoms with Crippen LogP contribution in [0.3, 0.4) is 0 Å². The third kappa shape index (κ3) is 3.65. The second-order valence-corrected chi connectivity index (χ2v) is 4.69. The van der Waals surface area contributed by atoms with Gasteiger partial charge in [-0.3, -0.25) is 4.79 Å². The summed E-state index contributed by atoms with van der Waals surface area (Å²) in [7, 11) is 0. The van der Waals surface area contributed by atoms with Crippen LogP contribution < -0.4 is 15.8 Å². The molecule has 0 aliphatic heterocycles. The predicted molar refractivity (Wildman–Crippen MR) is 71.3 cm³/mol. The molecular formula is C14H20N2O2. The molecule has 1 amide bonds. The topological polar surface area (TPSA) is 64.3 Å².